The van der Waals surface area contributed by atoms with Gasteiger partial charge in [-0.15, -0.1) is 0 Å². The maximum Gasteiger partial charge on any atom is 0.335 e. The second kappa shape index (κ2) is 4.24. The van der Waals surface area contributed by atoms with Crippen molar-refractivity contribution in [3.8, 4) is 11.3 Å². The van der Waals surface area contributed by atoms with Crippen molar-refractivity contribution in [2.24, 2.45) is 0 Å². The molecule has 19 heavy (non-hydrogen) atoms. The summed E-state index contributed by atoms with van der Waals surface area (Å²) in [6.45, 7) is 2.82. The molecule has 0 saturated carbocycles. The van der Waals surface area contributed by atoms with E-state index in [1.165, 1.54) is 0 Å². The van der Waals surface area contributed by atoms with Crippen LogP contribution < -0.4 is 0 Å². The zero-order chi connectivity index (χ0) is 13.4. The van der Waals surface area contributed by atoms with E-state index in [2.05, 4.69) is 10.1 Å². The summed E-state index contributed by atoms with van der Waals surface area (Å²) in [5.41, 5.74) is 2.54. The van der Waals surface area contributed by atoms with E-state index in [1.807, 2.05) is 24.0 Å². The third-order valence-corrected chi connectivity index (χ3v) is 2.96. The molecule has 0 spiro atoms. The molecule has 0 aliphatic carbocycles. The first-order valence-corrected chi connectivity index (χ1v) is 5.92. The predicted octanol–water partition coefficient (Wildman–Crippen LogP) is 1.92. The monoisotopic (exact) mass is 256 g/mol. The molecule has 0 aromatic carbocycles. The maximum atomic E-state index is 10.9. The first kappa shape index (κ1) is 11.5. The third kappa shape index (κ3) is 1.97. The second-order valence-electron chi connectivity index (χ2n) is 4.20. The molecule has 0 amide bonds. The van der Waals surface area contributed by atoms with Crippen molar-refractivity contribution >= 4 is 11.6 Å². The fourth-order valence-corrected chi connectivity index (χ4v) is 1.92. The fourth-order valence-electron chi connectivity index (χ4n) is 1.92. The molecule has 96 valence electrons. The Bertz CT molecular complexity index is 757. The van der Waals surface area contributed by atoms with Gasteiger partial charge in [0, 0.05) is 30.7 Å². The van der Waals surface area contributed by atoms with Crippen molar-refractivity contribution in [1.82, 2.24) is 19.2 Å². The smallest absolute Gasteiger partial charge is 0.335 e. The Morgan fingerprint density at radius 2 is 2.26 bits per heavy atom. The molecule has 0 aliphatic heterocycles. The summed E-state index contributed by atoms with van der Waals surface area (Å²) < 4.78 is 3.62. The van der Waals surface area contributed by atoms with Crippen LogP contribution in [0.4, 0.5) is 0 Å². The molecule has 3 heterocycles. The minimum Gasteiger partial charge on any atom is -0.478 e. The lowest BCUT2D eigenvalue weighted by atomic mass is 10.3. The van der Waals surface area contributed by atoms with Crippen LogP contribution in [-0.4, -0.2) is 30.2 Å². The number of imidazole rings is 1. The Balaban J connectivity index is 2.08. The number of nitrogens with zero attached hydrogens (tertiary/aromatic N) is 4. The number of fused-ring (bicyclic) bond motifs is 1. The largest absolute Gasteiger partial charge is 0.478 e. The predicted molar refractivity (Wildman–Crippen MR) is 69.0 cm³/mol. The molecule has 0 radical (unpaired) electrons. The van der Waals surface area contributed by atoms with Gasteiger partial charge in [-0.05, 0) is 19.1 Å². The molecule has 3 aromatic heterocycles. The van der Waals surface area contributed by atoms with E-state index >= 15 is 0 Å². The lowest BCUT2D eigenvalue weighted by Gasteiger charge is -1.94. The van der Waals surface area contributed by atoms with Gasteiger partial charge in [-0.1, -0.05) is 0 Å². The van der Waals surface area contributed by atoms with Crippen LogP contribution in [0.1, 0.15) is 17.3 Å². The molecule has 1 N–H and O–H groups in total. The number of aromatic nitrogens is 4. The highest BCUT2D eigenvalue weighted by molar-refractivity contribution is 5.88. The molecule has 3 rings (SSSR count). The summed E-state index contributed by atoms with van der Waals surface area (Å²) in [5.74, 6) is -0.953. The van der Waals surface area contributed by atoms with Crippen molar-refractivity contribution in [2.75, 3.05) is 0 Å². The third-order valence-electron chi connectivity index (χ3n) is 2.96. The number of carbonyl (C=O) groups is 1. The minimum atomic E-state index is -0.953. The molecular weight excluding hydrogens is 244 g/mol. The molecule has 0 fully saturated rings. The van der Waals surface area contributed by atoms with Gasteiger partial charge in [-0.2, -0.15) is 5.10 Å². The van der Waals surface area contributed by atoms with E-state index in [0.29, 0.717) is 5.65 Å². The zero-order valence-corrected chi connectivity index (χ0v) is 10.3. The van der Waals surface area contributed by atoms with Gasteiger partial charge in [-0.25, -0.2) is 9.78 Å². The highest BCUT2D eigenvalue weighted by Crippen LogP contribution is 2.19. The molecule has 0 atom stereocenters. The quantitative estimate of drug-likeness (QED) is 0.777. The van der Waals surface area contributed by atoms with Crippen LogP contribution in [0.25, 0.3) is 16.9 Å². The number of hydrogen-bond acceptors (Lipinski definition) is 3. The average Bonchev–Trinajstić information content (AvgIpc) is 3.03. The molecule has 0 aliphatic rings. The van der Waals surface area contributed by atoms with Gasteiger partial charge in [0.2, 0.25) is 0 Å². The van der Waals surface area contributed by atoms with E-state index in [1.54, 1.807) is 28.9 Å². The van der Waals surface area contributed by atoms with Crippen LogP contribution in [0.3, 0.4) is 0 Å². The van der Waals surface area contributed by atoms with E-state index in [4.69, 9.17) is 5.11 Å². The first-order valence-electron chi connectivity index (χ1n) is 5.92. The van der Waals surface area contributed by atoms with Crippen LogP contribution >= 0.6 is 0 Å². The number of rotatable bonds is 3. The maximum absolute atomic E-state index is 10.9. The lowest BCUT2D eigenvalue weighted by Crippen LogP contribution is -1.96. The summed E-state index contributed by atoms with van der Waals surface area (Å²) >= 11 is 0. The topological polar surface area (TPSA) is 72.4 Å². The highest BCUT2D eigenvalue weighted by Gasteiger charge is 2.09. The Morgan fingerprint density at radius 1 is 1.42 bits per heavy atom. The Kier molecular flexibility index (Phi) is 2.56. The molecule has 3 aromatic rings. The summed E-state index contributed by atoms with van der Waals surface area (Å²) in [6, 6.07) is 3.10. The van der Waals surface area contributed by atoms with Crippen LogP contribution in [0.5, 0.6) is 0 Å². The van der Waals surface area contributed by atoms with Gasteiger partial charge < -0.3 is 9.51 Å². The second-order valence-corrected chi connectivity index (χ2v) is 4.20. The minimum absolute atomic E-state index is 0.230. The van der Waals surface area contributed by atoms with E-state index in [9.17, 15) is 4.79 Å². The van der Waals surface area contributed by atoms with Gasteiger partial charge in [0.1, 0.15) is 5.65 Å². The van der Waals surface area contributed by atoms with Crippen molar-refractivity contribution in [2.45, 2.75) is 13.5 Å². The number of aromatic carboxylic acids is 1. The molecular formula is C13H12N4O2. The van der Waals surface area contributed by atoms with Crippen LogP contribution in [0.2, 0.25) is 0 Å². The molecule has 6 nitrogen and oxygen atoms in total. The highest BCUT2D eigenvalue weighted by atomic mass is 16.4. The SMILES string of the molecule is CCn1cc(-c2cn3ccc(C(=O)O)cc3n2)cn1. The van der Waals surface area contributed by atoms with Crippen LogP contribution in [0.15, 0.2) is 36.9 Å². The van der Waals surface area contributed by atoms with Crippen molar-refractivity contribution in [3.05, 3.63) is 42.5 Å². The molecule has 0 bridgehead atoms. The zero-order valence-electron chi connectivity index (χ0n) is 10.3. The fraction of sp³-hybridized carbons (Fsp3) is 0.154. The van der Waals surface area contributed by atoms with Crippen molar-refractivity contribution < 1.29 is 9.90 Å². The van der Waals surface area contributed by atoms with Gasteiger partial charge >= 0.3 is 5.97 Å². The lowest BCUT2D eigenvalue weighted by molar-refractivity contribution is 0.0697. The molecule has 0 unspecified atom stereocenters. The summed E-state index contributed by atoms with van der Waals surface area (Å²) in [5, 5.41) is 13.2. The van der Waals surface area contributed by atoms with E-state index < -0.39 is 5.97 Å². The molecule has 6 heteroatoms. The normalized spacial score (nSPS) is 11.0. The Hall–Kier alpha value is -2.63. The van der Waals surface area contributed by atoms with Crippen molar-refractivity contribution in [3.63, 3.8) is 0 Å². The number of hydrogen-bond donors (Lipinski definition) is 1. The van der Waals surface area contributed by atoms with Crippen LogP contribution in [-0.2, 0) is 6.54 Å². The van der Waals surface area contributed by atoms with E-state index in [-0.39, 0.29) is 5.56 Å². The van der Waals surface area contributed by atoms with Gasteiger partial charge in [0.15, 0.2) is 0 Å². The van der Waals surface area contributed by atoms with Gasteiger partial charge in [0.25, 0.3) is 0 Å². The Labute approximate surface area is 108 Å². The summed E-state index contributed by atoms with van der Waals surface area (Å²) in [4.78, 5) is 15.3. The summed E-state index contributed by atoms with van der Waals surface area (Å²) in [6.07, 6.45) is 7.22. The van der Waals surface area contributed by atoms with Gasteiger partial charge in [0.05, 0.1) is 17.5 Å². The number of carboxylic acids is 1. The Morgan fingerprint density at radius 3 is 2.95 bits per heavy atom. The summed E-state index contributed by atoms with van der Waals surface area (Å²) in [7, 11) is 0. The number of aryl methyl sites for hydroxylation is 1. The standard InChI is InChI=1S/C13H12N4O2/c1-2-17-7-10(6-14-17)11-8-16-4-3-9(13(18)19)5-12(16)15-11/h3-8H,2H2,1H3,(H,18,19). The molecule has 0 saturated heterocycles. The van der Waals surface area contributed by atoms with Gasteiger partial charge in [-0.3, -0.25) is 4.68 Å². The first-order chi connectivity index (χ1) is 9.17. The van der Waals surface area contributed by atoms with Crippen molar-refractivity contribution in [1.29, 1.82) is 0 Å². The average molecular weight is 256 g/mol. The number of carboxylic acid groups (broad SMARTS) is 1. The van der Waals surface area contributed by atoms with Crippen LogP contribution in [0, 0.1) is 0 Å². The number of pyridine rings is 1. The van der Waals surface area contributed by atoms with E-state index in [0.717, 1.165) is 17.8 Å².